The Balaban J connectivity index is 2.01. The van der Waals surface area contributed by atoms with E-state index in [1.54, 1.807) is 29.6 Å². The van der Waals surface area contributed by atoms with Gasteiger partial charge in [-0.2, -0.15) is 4.98 Å². The molecule has 0 unspecified atom stereocenters. The van der Waals surface area contributed by atoms with E-state index in [2.05, 4.69) is 19.7 Å². The van der Waals surface area contributed by atoms with Crippen molar-refractivity contribution in [2.75, 3.05) is 0 Å². The van der Waals surface area contributed by atoms with Gasteiger partial charge in [0.1, 0.15) is 5.75 Å². The van der Waals surface area contributed by atoms with Crippen LogP contribution in [0.2, 0.25) is 0 Å². The van der Waals surface area contributed by atoms with E-state index in [4.69, 9.17) is 4.52 Å². The molecule has 0 aliphatic carbocycles. The lowest BCUT2D eigenvalue weighted by molar-refractivity contribution is 0.431. The molecule has 0 spiro atoms. The van der Waals surface area contributed by atoms with Crippen LogP contribution in [0.5, 0.6) is 5.75 Å². The zero-order chi connectivity index (χ0) is 11.7. The Bertz CT molecular complexity index is 635. The smallest absolute Gasteiger partial charge is 0.279 e. The summed E-state index contributed by atoms with van der Waals surface area (Å²) in [7, 11) is 0. The van der Waals surface area contributed by atoms with Crippen molar-refractivity contribution < 1.29 is 9.63 Å². The first-order valence-corrected chi connectivity index (χ1v) is 5.57. The first-order valence-electron chi connectivity index (χ1n) is 4.73. The van der Waals surface area contributed by atoms with Gasteiger partial charge >= 0.3 is 0 Å². The third kappa shape index (κ3) is 1.87. The Morgan fingerprint density at radius 3 is 3.00 bits per heavy atom. The van der Waals surface area contributed by atoms with E-state index in [9.17, 15) is 5.11 Å². The molecule has 0 fully saturated rings. The highest BCUT2D eigenvalue weighted by molar-refractivity contribution is 7.03. The van der Waals surface area contributed by atoms with Crippen molar-refractivity contribution in [1.29, 1.82) is 0 Å². The van der Waals surface area contributed by atoms with Crippen LogP contribution in [0.25, 0.3) is 23.0 Å². The standard InChI is InChI=1S/C10H6N4O2S/c15-7-3-1-2-6(4-7)9-11-10(16-13-9)8-5-17-14-12-8/h1-5,15H. The van der Waals surface area contributed by atoms with E-state index >= 15 is 0 Å². The normalized spacial score (nSPS) is 10.6. The average molecular weight is 246 g/mol. The van der Waals surface area contributed by atoms with Crippen molar-refractivity contribution in [2.24, 2.45) is 0 Å². The van der Waals surface area contributed by atoms with E-state index in [0.717, 1.165) is 0 Å². The summed E-state index contributed by atoms with van der Waals surface area (Å²) in [5, 5.41) is 18.7. The fourth-order valence-electron chi connectivity index (χ4n) is 1.35. The van der Waals surface area contributed by atoms with Crippen molar-refractivity contribution in [3.63, 3.8) is 0 Å². The molecule has 3 rings (SSSR count). The molecule has 84 valence electrons. The predicted octanol–water partition coefficient (Wildman–Crippen LogP) is 1.96. The molecule has 0 saturated heterocycles. The Morgan fingerprint density at radius 1 is 1.29 bits per heavy atom. The highest BCUT2D eigenvalue weighted by Gasteiger charge is 2.12. The van der Waals surface area contributed by atoms with Gasteiger partial charge in [0.15, 0.2) is 5.69 Å². The lowest BCUT2D eigenvalue weighted by atomic mass is 10.2. The van der Waals surface area contributed by atoms with Crippen LogP contribution in [0.4, 0.5) is 0 Å². The average Bonchev–Trinajstić information content (AvgIpc) is 3.00. The SMILES string of the molecule is Oc1cccc(-c2noc(-c3csnn3)n2)c1. The van der Waals surface area contributed by atoms with Gasteiger partial charge in [-0.1, -0.05) is 21.8 Å². The van der Waals surface area contributed by atoms with Gasteiger partial charge in [-0.3, -0.25) is 0 Å². The third-order valence-corrected chi connectivity index (χ3v) is 2.61. The highest BCUT2D eigenvalue weighted by Crippen LogP contribution is 2.23. The molecule has 17 heavy (non-hydrogen) atoms. The zero-order valence-electron chi connectivity index (χ0n) is 8.44. The number of nitrogens with zero attached hydrogens (tertiary/aromatic N) is 4. The molecule has 0 aliphatic rings. The fraction of sp³-hybridized carbons (Fsp3) is 0. The topological polar surface area (TPSA) is 84.9 Å². The Hall–Kier alpha value is -2.28. The quantitative estimate of drug-likeness (QED) is 0.744. The molecule has 6 nitrogen and oxygen atoms in total. The molecule has 2 aromatic heterocycles. The van der Waals surface area contributed by atoms with Gasteiger partial charge in [-0.15, -0.1) is 5.10 Å². The Kier molecular flexibility index (Phi) is 2.30. The summed E-state index contributed by atoms with van der Waals surface area (Å²) < 4.78 is 8.78. The van der Waals surface area contributed by atoms with Crippen LogP contribution >= 0.6 is 11.5 Å². The number of phenols is 1. The van der Waals surface area contributed by atoms with Crippen molar-refractivity contribution in [3.05, 3.63) is 29.6 Å². The summed E-state index contributed by atoms with van der Waals surface area (Å²) in [6, 6.07) is 6.64. The minimum Gasteiger partial charge on any atom is -0.508 e. The summed E-state index contributed by atoms with van der Waals surface area (Å²) in [6.45, 7) is 0. The van der Waals surface area contributed by atoms with Gasteiger partial charge in [-0.25, -0.2) is 0 Å². The van der Waals surface area contributed by atoms with Gasteiger partial charge in [0.2, 0.25) is 5.82 Å². The van der Waals surface area contributed by atoms with Crippen molar-refractivity contribution in [3.8, 4) is 28.7 Å². The molecule has 0 radical (unpaired) electrons. The highest BCUT2D eigenvalue weighted by atomic mass is 32.1. The monoisotopic (exact) mass is 246 g/mol. The molecule has 2 heterocycles. The van der Waals surface area contributed by atoms with Gasteiger partial charge in [0.05, 0.1) is 0 Å². The lowest BCUT2D eigenvalue weighted by Crippen LogP contribution is -1.81. The maximum absolute atomic E-state index is 9.36. The summed E-state index contributed by atoms with van der Waals surface area (Å²) in [6.07, 6.45) is 0. The summed E-state index contributed by atoms with van der Waals surface area (Å²) in [4.78, 5) is 4.18. The second-order valence-electron chi connectivity index (χ2n) is 3.26. The second kappa shape index (κ2) is 3.95. The number of hydrogen-bond donors (Lipinski definition) is 1. The third-order valence-electron chi connectivity index (χ3n) is 2.11. The number of phenolic OH excluding ortho intramolecular Hbond substituents is 1. The fourth-order valence-corrected chi connectivity index (χ4v) is 1.78. The summed E-state index contributed by atoms with van der Waals surface area (Å²) in [5.74, 6) is 0.880. The van der Waals surface area contributed by atoms with Crippen molar-refractivity contribution >= 4 is 11.5 Å². The molecule has 0 saturated carbocycles. The van der Waals surface area contributed by atoms with E-state index in [1.807, 2.05) is 0 Å². The van der Waals surface area contributed by atoms with Crippen LogP contribution in [-0.4, -0.2) is 24.8 Å². The minimum absolute atomic E-state index is 0.157. The number of benzene rings is 1. The van der Waals surface area contributed by atoms with E-state index in [1.165, 1.54) is 11.5 Å². The minimum atomic E-state index is 0.157. The van der Waals surface area contributed by atoms with Crippen LogP contribution in [-0.2, 0) is 0 Å². The van der Waals surface area contributed by atoms with Crippen LogP contribution in [0.1, 0.15) is 0 Å². The number of aromatic nitrogens is 4. The molecule has 0 amide bonds. The van der Waals surface area contributed by atoms with Gasteiger partial charge in [-0.05, 0) is 23.7 Å². The number of hydrogen-bond acceptors (Lipinski definition) is 7. The van der Waals surface area contributed by atoms with Crippen LogP contribution in [0.15, 0.2) is 34.2 Å². The summed E-state index contributed by atoms with van der Waals surface area (Å²) in [5.41, 5.74) is 1.23. The number of rotatable bonds is 2. The Morgan fingerprint density at radius 2 is 2.24 bits per heavy atom. The molecular weight excluding hydrogens is 240 g/mol. The van der Waals surface area contributed by atoms with Crippen LogP contribution in [0.3, 0.4) is 0 Å². The van der Waals surface area contributed by atoms with E-state index in [-0.39, 0.29) is 5.75 Å². The molecular formula is C10H6N4O2S. The first kappa shape index (κ1) is 9.91. The summed E-state index contributed by atoms with van der Waals surface area (Å²) >= 11 is 1.21. The van der Waals surface area contributed by atoms with E-state index < -0.39 is 0 Å². The predicted molar refractivity (Wildman–Crippen MR) is 60.3 cm³/mol. The van der Waals surface area contributed by atoms with Crippen molar-refractivity contribution in [1.82, 2.24) is 19.7 Å². The van der Waals surface area contributed by atoms with Crippen LogP contribution < -0.4 is 0 Å². The molecule has 7 heteroatoms. The Labute approximate surface area is 99.7 Å². The molecule has 0 atom stereocenters. The molecule has 0 bridgehead atoms. The molecule has 1 N–H and O–H groups in total. The first-order chi connectivity index (χ1) is 8.33. The van der Waals surface area contributed by atoms with E-state index in [0.29, 0.717) is 23.0 Å². The molecule has 0 aliphatic heterocycles. The molecule has 1 aromatic carbocycles. The maximum atomic E-state index is 9.36. The largest absolute Gasteiger partial charge is 0.508 e. The number of aromatic hydroxyl groups is 1. The van der Waals surface area contributed by atoms with Crippen molar-refractivity contribution in [2.45, 2.75) is 0 Å². The van der Waals surface area contributed by atoms with Gasteiger partial charge in [0, 0.05) is 10.9 Å². The second-order valence-corrected chi connectivity index (χ2v) is 3.87. The zero-order valence-corrected chi connectivity index (χ0v) is 9.26. The lowest BCUT2D eigenvalue weighted by Gasteiger charge is -1.94. The maximum Gasteiger partial charge on any atom is 0.279 e. The van der Waals surface area contributed by atoms with Gasteiger partial charge < -0.3 is 9.63 Å². The molecule has 3 aromatic rings. The van der Waals surface area contributed by atoms with Crippen LogP contribution in [0, 0.1) is 0 Å². The van der Waals surface area contributed by atoms with Gasteiger partial charge in [0.25, 0.3) is 5.89 Å².